The molecule has 0 spiro atoms. The van der Waals surface area contributed by atoms with Gasteiger partial charge in [0.2, 0.25) is 0 Å². The van der Waals surface area contributed by atoms with E-state index in [1.165, 1.54) is 11.4 Å². The van der Waals surface area contributed by atoms with E-state index in [2.05, 4.69) is 5.92 Å². The van der Waals surface area contributed by atoms with Gasteiger partial charge in [-0.25, -0.2) is 9.34 Å². The Balaban J connectivity index is 2.83. The lowest BCUT2D eigenvalue weighted by Crippen LogP contribution is -2.19. The second kappa shape index (κ2) is 3.43. The maximum atomic E-state index is 12.1. The van der Waals surface area contributed by atoms with Crippen molar-refractivity contribution in [3.63, 3.8) is 0 Å². The van der Waals surface area contributed by atoms with E-state index < -0.39 is 6.65 Å². The lowest BCUT2D eigenvalue weighted by Gasteiger charge is -2.24. The smallest absolute Gasteiger partial charge is 0.272 e. The van der Waals surface area contributed by atoms with Gasteiger partial charge in [0, 0.05) is 6.54 Å². The van der Waals surface area contributed by atoms with E-state index in [-0.39, 0.29) is 5.25 Å². The molecule has 0 aromatic carbocycles. The molecule has 0 radical (unpaired) electrons. The fraction of sp³-hybridized carbons (Fsp3) is 0.714. The molecule has 0 saturated carbocycles. The third kappa shape index (κ3) is 1.55. The summed E-state index contributed by atoms with van der Waals surface area (Å²) in [6.07, 6.45) is 5.28. The molecule has 0 aliphatic carbocycles. The van der Waals surface area contributed by atoms with Gasteiger partial charge in [-0.2, -0.15) is 0 Å². The Morgan fingerprint density at radius 3 is 2.58 bits per heavy atom. The van der Waals surface area contributed by atoms with Crippen LogP contribution in [0.5, 0.6) is 0 Å². The van der Waals surface area contributed by atoms with Gasteiger partial charge >= 0.3 is 0 Å². The van der Waals surface area contributed by atoms with Crippen LogP contribution in [0.1, 0.15) is 0 Å². The third-order valence-corrected chi connectivity index (χ3v) is 8.07. The molecule has 0 amide bonds. The molecule has 1 aliphatic rings. The lowest BCUT2D eigenvalue weighted by molar-refractivity contribution is 0.447. The summed E-state index contributed by atoms with van der Waals surface area (Å²) in [5.74, 6) is 2.63. The average molecular weight is 204 g/mol. The maximum Gasteiger partial charge on any atom is 0.272 e. The second-order valence-corrected chi connectivity index (χ2v) is 8.24. The molecule has 0 aromatic heterocycles. The van der Waals surface area contributed by atoms with Crippen LogP contribution in [0, 0.1) is 12.3 Å². The van der Waals surface area contributed by atoms with Crippen molar-refractivity contribution in [3.05, 3.63) is 0 Å². The van der Waals surface area contributed by atoms with E-state index in [1.807, 2.05) is 25.8 Å². The highest BCUT2D eigenvalue weighted by molar-refractivity contribution is 8.57. The van der Waals surface area contributed by atoms with Crippen LogP contribution in [0.15, 0.2) is 0 Å². The highest BCUT2D eigenvalue weighted by atomic mass is 32.7. The van der Waals surface area contributed by atoms with Crippen LogP contribution >= 0.6 is 18.0 Å². The van der Waals surface area contributed by atoms with E-state index in [0.29, 0.717) is 0 Å². The Labute approximate surface area is 77.7 Å². The number of hydrogen-bond donors (Lipinski definition) is 0. The molecule has 2 unspecified atom stereocenters. The van der Waals surface area contributed by atoms with Crippen molar-refractivity contribution in [2.75, 3.05) is 27.7 Å². The van der Waals surface area contributed by atoms with Gasteiger partial charge in [0.25, 0.3) is 6.65 Å². The molecular formula is C7H13N2OPS. The predicted molar refractivity (Wildman–Crippen MR) is 54.1 cm³/mol. The fourth-order valence-corrected chi connectivity index (χ4v) is 5.85. The van der Waals surface area contributed by atoms with Crippen molar-refractivity contribution in [2.45, 2.75) is 5.25 Å². The summed E-state index contributed by atoms with van der Waals surface area (Å²) < 4.78 is 15.7. The monoisotopic (exact) mass is 204 g/mol. The summed E-state index contributed by atoms with van der Waals surface area (Å²) in [5.41, 5.74) is 0. The molecule has 12 heavy (non-hydrogen) atoms. The Hall–Kier alpha value is 0.0600. The zero-order valence-corrected chi connectivity index (χ0v) is 9.23. The normalized spacial score (nSPS) is 37.1. The van der Waals surface area contributed by atoms with Crippen LogP contribution in [0.3, 0.4) is 0 Å². The zero-order valence-electron chi connectivity index (χ0n) is 7.52. The fourth-order valence-electron chi connectivity index (χ4n) is 1.11. The predicted octanol–water partition coefficient (Wildman–Crippen LogP) is 1.34. The summed E-state index contributed by atoms with van der Waals surface area (Å²) in [5, 5.41) is 0.0724. The van der Waals surface area contributed by atoms with Gasteiger partial charge in [-0.05, 0) is 32.5 Å². The number of nitrogens with zero attached hydrogens (tertiary/aromatic N) is 2. The summed E-state index contributed by atoms with van der Waals surface area (Å²) in [7, 11) is 5.50. The standard InChI is InChI=1S/C7H13N2OPS/c1-5-7-6-9(4)11(10,12-7)8(2)3/h1,7H,6H2,2-4H3. The van der Waals surface area contributed by atoms with Gasteiger partial charge < -0.3 is 0 Å². The maximum absolute atomic E-state index is 12.1. The van der Waals surface area contributed by atoms with Gasteiger partial charge in [-0.1, -0.05) is 5.92 Å². The average Bonchev–Trinajstić information content (AvgIpc) is 2.29. The number of rotatable bonds is 1. The molecule has 2 atom stereocenters. The largest absolute Gasteiger partial charge is 0.276 e. The molecular weight excluding hydrogens is 191 g/mol. The number of hydrogen-bond acceptors (Lipinski definition) is 2. The molecule has 5 heteroatoms. The van der Waals surface area contributed by atoms with Crippen molar-refractivity contribution in [3.8, 4) is 12.3 Å². The minimum absolute atomic E-state index is 0.0724. The SMILES string of the molecule is C#CC1CN(C)P(=O)(N(C)C)S1. The first-order valence-electron chi connectivity index (χ1n) is 3.64. The molecule has 1 saturated heterocycles. The molecule has 68 valence electrons. The molecule has 3 nitrogen and oxygen atoms in total. The van der Waals surface area contributed by atoms with Crippen LogP contribution in [-0.4, -0.2) is 42.3 Å². The molecule has 0 N–H and O–H groups in total. The molecule has 1 fully saturated rings. The van der Waals surface area contributed by atoms with Crippen molar-refractivity contribution in [1.29, 1.82) is 0 Å². The topological polar surface area (TPSA) is 23.6 Å². The van der Waals surface area contributed by atoms with E-state index in [4.69, 9.17) is 6.42 Å². The number of terminal acetylenes is 1. The van der Waals surface area contributed by atoms with Gasteiger partial charge in [-0.3, -0.25) is 4.57 Å². The summed E-state index contributed by atoms with van der Waals surface area (Å²) in [6.45, 7) is -1.65. The second-order valence-electron chi connectivity index (χ2n) is 2.94. The van der Waals surface area contributed by atoms with Crippen molar-refractivity contribution < 1.29 is 4.57 Å². The van der Waals surface area contributed by atoms with Crippen LogP contribution in [0.4, 0.5) is 0 Å². The van der Waals surface area contributed by atoms with E-state index in [0.717, 1.165) is 6.54 Å². The summed E-state index contributed by atoms with van der Waals surface area (Å²) in [6, 6.07) is 0. The molecule has 1 heterocycles. The van der Waals surface area contributed by atoms with Gasteiger partial charge in [-0.15, -0.1) is 6.42 Å². The first-order valence-corrected chi connectivity index (χ1v) is 6.74. The quantitative estimate of drug-likeness (QED) is 0.475. The van der Waals surface area contributed by atoms with E-state index >= 15 is 0 Å². The molecule has 0 aromatic rings. The highest BCUT2D eigenvalue weighted by Gasteiger charge is 2.41. The van der Waals surface area contributed by atoms with E-state index in [1.54, 1.807) is 4.67 Å². The molecule has 0 bridgehead atoms. The highest BCUT2D eigenvalue weighted by Crippen LogP contribution is 2.67. The first kappa shape index (κ1) is 10.1. The Morgan fingerprint density at radius 1 is 1.75 bits per heavy atom. The van der Waals surface area contributed by atoms with Gasteiger partial charge in [0.15, 0.2) is 0 Å². The Morgan fingerprint density at radius 2 is 2.33 bits per heavy atom. The Bertz CT molecular complexity index is 261. The van der Waals surface area contributed by atoms with Crippen LogP contribution in [0.25, 0.3) is 0 Å². The van der Waals surface area contributed by atoms with Crippen LogP contribution in [0.2, 0.25) is 0 Å². The first-order chi connectivity index (χ1) is 5.50. The van der Waals surface area contributed by atoms with Crippen molar-refractivity contribution in [2.24, 2.45) is 0 Å². The molecule has 1 rings (SSSR count). The zero-order chi connectivity index (χ0) is 9.35. The van der Waals surface area contributed by atoms with Crippen LogP contribution in [-0.2, 0) is 4.57 Å². The third-order valence-electron chi connectivity index (χ3n) is 1.82. The van der Waals surface area contributed by atoms with Crippen molar-refractivity contribution in [1.82, 2.24) is 9.34 Å². The van der Waals surface area contributed by atoms with Gasteiger partial charge in [0.1, 0.15) is 0 Å². The van der Waals surface area contributed by atoms with Crippen molar-refractivity contribution >= 4 is 18.0 Å². The summed E-state index contributed by atoms with van der Waals surface area (Å²) in [4.78, 5) is 0. The van der Waals surface area contributed by atoms with E-state index in [9.17, 15) is 4.57 Å². The molecule has 1 aliphatic heterocycles. The lowest BCUT2D eigenvalue weighted by atomic mass is 10.4. The minimum atomic E-state index is -2.36. The van der Waals surface area contributed by atoms with Crippen LogP contribution < -0.4 is 0 Å². The minimum Gasteiger partial charge on any atom is -0.276 e. The summed E-state index contributed by atoms with van der Waals surface area (Å²) >= 11 is 1.40. The Kier molecular flexibility index (Phi) is 2.90. The van der Waals surface area contributed by atoms with Gasteiger partial charge in [0.05, 0.1) is 5.25 Å².